The summed E-state index contributed by atoms with van der Waals surface area (Å²) in [6.45, 7) is 4.16. The largest absolute Gasteiger partial charge is 0.368 e. The molecule has 0 aromatic heterocycles. The van der Waals surface area contributed by atoms with Crippen LogP contribution in [0, 0.1) is 0 Å². The fourth-order valence-corrected chi connectivity index (χ4v) is 3.65. The van der Waals surface area contributed by atoms with Crippen molar-refractivity contribution in [2.24, 2.45) is 5.73 Å². The SMILES string of the molecule is NC[C@H]1CC[C@@H](C(=O)NCCCC(=O)N2CCN(c3ccccc3)CC2)O1. The Hall–Kier alpha value is -2.12. The number of anilines is 1. The van der Waals surface area contributed by atoms with E-state index in [4.69, 9.17) is 10.5 Å². The van der Waals surface area contributed by atoms with Gasteiger partial charge in [0, 0.05) is 51.4 Å². The normalized spacial score (nSPS) is 22.7. The molecule has 0 aliphatic carbocycles. The van der Waals surface area contributed by atoms with E-state index >= 15 is 0 Å². The number of carbonyl (C=O) groups excluding carboxylic acids is 2. The van der Waals surface area contributed by atoms with Crippen LogP contribution >= 0.6 is 0 Å². The van der Waals surface area contributed by atoms with Crippen molar-refractivity contribution in [2.45, 2.75) is 37.9 Å². The molecule has 2 atom stereocenters. The first-order valence-corrected chi connectivity index (χ1v) is 9.88. The van der Waals surface area contributed by atoms with Gasteiger partial charge in [0.25, 0.3) is 0 Å². The molecule has 7 heteroatoms. The van der Waals surface area contributed by atoms with Gasteiger partial charge >= 0.3 is 0 Å². The second-order valence-electron chi connectivity index (χ2n) is 7.16. The molecule has 2 fully saturated rings. The van der Waals surface area contributed by atoms with Crippen molar-refractivity contribution in [3.05, 3.63) is 30.3 Å². The van der Waals surface area contributed by atoms with Crippen molar-refractivity contribution < 1.29 is 14.3 Å². The molecule has 0 saturated carbocycles. The highest BCUT2D eigenvalue weighted by Crippen LogP contribution is 2.19. The lowest BCUT2D eigenvalue weighted by Crippen LogP contribution is -2.48. The molecule has 1 aromatic carbocycles. The highest BCUT2D eigenvalue weighted by Gasteiger charge is 2.29. The molecule has 1 aromatic rings. The van der Waals surface area contributed by atoms with E-state index in [0.29, 0.717) is 25.9 Å². The summed E-state index contributed by atoms with van der Waals surface area (Å²) in [6.07, 6.45) is 2.27. The number of ether oxygens (including phenoxy) is 1. The van der Waals surface area contributed by atoms with Crippen LogP contribution in [0.2, 0.25) is 0 Å². The van der Waals surface area contributed by atoms with Crippen molar-refractivity contribution in [1.29, 1.82) is 0 Å². The molecule has 27 heavy (non-hydrogen) atoms. The fourth-order valence-electron chi connectivity index (χ4n) is 3.65. The average Bonchev–Trinajstić information content (AvgIpc) is 3.21. The monoisotopic (exact) mass is 374 g/mol. The van der Waals surface area contributed by atoms with Gasteiger partial charge in [-0.3, -0.25) is 9.59 Å². The predicted molar refractivity (Wildman–Crippen MR) is 104 cm³/mol. The van der Waals surface area contributed by atoms with Crippen LogP contribution in [0.5, 0.6) is 0 Å². The van der Waals surface area contributed by atoms with Crippen LogP contribution in [0.3, 0.4) is 0 Å². The van der Waals surface area contributed by atoms with Gasteiger partial charge in [-0.25, -0.2) is 0 Å². The Balaban J connectivity index is 1.30. The average molecular weight is 374 g/mol. The first-order valence-electron chi connectivity index (χ1n) is 9.88. The van der Waals surface area contributed by atoms with Gasteiger partial charge in [0.15, 0.2) is 0 Å². The number of nitrogens with zero attached hydrogens (tertiary/aromatic N) is 2. The van der Waals surface area contributed by atoms with Crippen LogP contribution in [0.1, 0.15) is 25.7 Å². The van der Waals surface area contributed by atoms with Crippen molar-refractivity contribution >= 4 is 17.5 Å². The number of hydrogen-bond donors (Lipinski definition) is 2. The molecular weight excluding hydrogens is 344 g/mol. The minimum Gasteiger partial charge on any atom is -0.368 e. The Morgan fingerprint density at radius 2 is 1.85 bits per heavy atom. The van der Waals surface area contributed by atoms with Gasteiger partial charge in [0.05, 0.1) is 6.10 Å². The number of piperazine rings is 1. The van der Waals surface area contributed by atoms with Crippen molar-refractivity contribution in [2.75, 3.05) is 44.2 Å². The zero-order valence-corrected chi connectivity index (χ0v) is 15.8. The third kappa shape index (κ3) is 5.43. The highest BCUT2D eigenvalue weighted by molar-refractivity contribution is 5.81. The summed E-state index contributed by atoms with van der Waals surface area (Å²) in [6, 6.07) is 10.3. The number of para-hydroxylation sites is 1. The number of nitrogens with one attached hydrogen (secondary N) is 1. The zero-order chi connectivity index (χ0) is 19.1. The first kappa shape index (κ1) is 19.6. The molecule has 2 heterocycles. The number of amides is 2. The molecule has 148 valence electrons. The molecule has 0 unspecified atom stereocenters. The summed E-state index contributed by atoms with van der Waals surface area (Å²) in [5.41, 5.74) is 6.77. The molecule has 0 radical (unpaired) electrons. The highest BCUT2D eigenvalue weighted by atomic mass is 16.5. The first-order chi connectivity index (χ1) is 13.2. The van der Waals surface area contributed by atoms with Crippen LogP contribution in [-0.2, 0) is 14.3 Å². The Morgan fingerprint density at radius 1 is 1.11 bits per heavy atom. The molecular formula is C20H30N4O3. The molecule has 3 rings (SSSR count). The summed E-state index contributed by atoms with van der Waals surface area (Å²) in [4.78, 5) is 28.7. The van der Waals surface area contributed by atoms with E-state index < -0.39 is 0 Å². The lowest BCUT2D eigenvalue weighted by atomic mass is 10.2. The van der Waals surface area contributed by atoms with Gasteiger partial charge in [-0.2, -0.15) is 0 Å². The summed E-state index contributed by atoms with van der Waals surface area (Å²) < 4.78 is 5.58. The minimum absolute atomic E-state index is 0.00289. The Kier molecular flexibility index (Phi) is 7.06. The number of carbonyl (C=O) groups is 2. The van der Waals surface area contributed by atoms with E-state index in [0.717, 1.165) is 39.0 Å². The van der Waals surface area contributed by atoms with E-state index in [1.165, 1.54) is 5.69 Å². The lowest BCUT2D eigenvalue weighted by Gasteiger charge is -2.36. The lowest BCUT2D eigenvalue weighted by molar-refractivity contribution is -0.133. The smallest absolute Gasteiger partial charge is 0.249 e. The number of hydrogen-bond acceptors (Lipinski definition) is 5. The van der Waals surface area contributed by atoms with Gasteiger partial charge in [-0.1, -0.05) is 18.2 Å². The topological polar surface area (TPSA) is 87.9 Å². The van der Waals surface area contributed by atoms with E-state index in [1.54, 1.807) is 0 Å². The maximum Gasteiger partial charge on any atom is 0.249 e. The van der Waals surface area contributed by atoms with Gasteiger partial charge < -0.3 is 25.6 Å². The summed E-state index contributed by atoms with van der Waals surface area (Å²) in [7, 11) is 0. The third-order valence-electron chi connectivity index (χ3n) is 5.28. The number of nitrogens with two attached hydrogens (primary N) is 1. The van der Waals surface area contributed by atoms with E-state index in [-0.39, 0.29) is 24.0 Å². The Bertz CT molecular complexity index is 617. The van der Waals surface area contributed by atoms with Crippen molar-refractivity contribution in [3.8, 4) is 0 Å². The summed E-state index contributed by atoms with van der Waals surface area (Å²) in [5.74, 6) is 0.0761. The van der Waals surface area contributed by atoms with Crippen LogP contribution in [0.4, 0.5) is 5.69 Å². The molecule has 2 amide bonds. The second kappa shape index (κ2) is 9.71. The second-order valence-corrected chi connectivity index (χ2v) is 7.16. The molecule has 7 nitrogen and oxygen atoms in total. The quantitative estimate of drug-likeness (QED) is 0.688. The van der Waals surface area contributed by atoms with Gasteiger partial charge in [0.1, 0.15) is 6.10 Å². The Morgan fingerprint density at radius 3 is 2.52 bits per heavy atom. The van der Waals surface area contributed by atoms with Crippen LogP contribution in [0.15, 0.2) is 30.3 Å². The van der Waals surface area contributed by atoms with Gasteiger partial charge in [-0.15, -0.1) is 0 Å². The Labute approximate surface area is 160 Å². The number of rotatable bonds is 7. The maximum atomic E-state index is 12.4. The van der Waals surface area contributed by atoms with Gasteiger partial charge in [0.2, 0.25) is 11.8 Å². The van der Waals surface area contributed by atoms with E-state index in [9.17, 15) is 9.59 Å². The predicted octanol–water partition coefficient (Wildman–Crippen LogP) is 0.738. The fraction of sp³-hybridized carbons (Fsp3) is 0.600. The molecule has 2 aliphatic rings. The van der Waals surface area contributed by atoms with E-state index in [1.807, 2.05) is 23.1 Å². The molecule has 2 aliphatic heterocycles. The summed E-state index contributed by atoms with van der Waals surface area (Å²) in [5, 5.41) is 2.87. The van der Waals surface area contributed by atoms with Crippen LogP contribution < -0.4 is 16.0 Å². The zero-order valence-electron chi connectivity index (χ0n) is 15.8. The molecule has 0 spiro atoms. The standard InChI is InChI=1S/C20H30N4O3/c21-15-17-8-9-18(27-17)20(26)22-10-4-7-19(25)24-13-11-23(12-14-24)16-5-2-1-3-6-16/h1-3,5-6,17-18H,4,7-15,21H2,(H,22,26)/t17-,18+/m1/s1. The van der Waals surface area contributed by atoms with Crippen LogP contribution in [0.25, 0.3) is 0 Å². The maximum absolute atomic E-state index is 12.4. The van der Waals surface area contributed by atoms with Gasteiger partial charge in [-0.05, 0) is 31.4 Å². The minimum atomic E-state index is -0.389. The third-order valence-corrected chi connectivity index (χ3v) is 5.28. The van der Waals surface area contributed by atoms with Crippen molar-refractivity contribution in [3.63, 3.8) is 0 Å². The summed E-state index contributed by atoms with van der Waals surface area (Å²) >= 11 is 0. The number of benzene rings is 1. The van der Waals surface area contributed by atoms with E-state index in [2.05, 4.69) is 22.3 Å². The molecule has 0 bridgehead atoms. The molecule has 3 N–H and O–H groups in total. The molecule has 2 saturated heterocycles. The van der Waals surface area contributed by atoms with Crippen LogP contribution in [-0.4, -0.2) is 68.2 Å². The van der Waals surface area contributed by atoms with Crippen molar-refractivity contribution in [1.82, 2.24) is 10.2 Å².